The zero-order valence-electron chi connectivity index (χ0n) is 14.8. The molecule has 0 amide bonds. The summed E-state index contributed by atoms with van der Waals surface area (Å²) in [6, 6.07) is 7.24. The first kappa shape index (κ1) is 21.6. The van der Waals surface area contributed by atoms with Gasteiger partial charge in [0.1, 0.15) is 17.5 Å². The summed E-state index contributed by atoms with van der Waals surface area (Å²) in [5.41, 5.74) is 0.513. The van der Waals surface area contributed by atoms with E-state index in [9.17, 15) is 8.78 Å². The van der Waals surface area contributed by atoms with Crippen LogP contribution in [-0.2, 0) is 6.54 Å². The van der Waals surface area contributed by atoms with Crippen LogP contribution in [0.2, 0.25) is 5.02 Å². The Hall–Kier alpha value is -1.68. The molecule has 3 rings (SSSR count). The van der Waals surface area contributed by atoms with E-state index in [1.54, 1.807) is 19.3 Å². The Morgan fingerprint density at radius 3 is 2.74 bits per heavy atom. The quantitative estimate of drug-likeness (QED) is 0.377. The minimum absolute atomic E-state index is 0. The van der Waals surface area contributed by atoms with E-state index in [1.165, 1.54) is 12.1 Å². The lowest BCUT2D eigenvalue weighted by Crippen LogP contribution is -2.44. The first-order valence-corrected chi connectivity index (χ1v) is 8.70. The summed E-state index contributed by atoms with van der Waals surface area (Å²) in [7, 11) is 1.66. The highest BCUT2D eigenvalue weighted by Gasteiger charge is 2.25. The maximum Gasteiger partial charge on any atom is 0.191 e. The van der Waals surface area contributed by atoms with E-state index in [0.29, 0.717) is 16.5 Å². The average molecular weight is 508 g/mol. The zero-order chi connectivity index (χ0) is 18.5. The summed E-state index contributed by atoms with van der Waals surface area (Å²) in [5.74, 6) is 0.164. The summed E-state index contributed by atoms with van der Waals surface area (Å²) in [4.78, 5) is 10.6. The molecule has 5 nitrogen and oxygen atoms in total. The van der Waals surface area contributed by atoms with Gasteiger partial charge in [-0.3, -0.25) is 4.99 Å². The molecule has 0 saturated carbocycles. The van der Waals surface area contributed by atoms with Gasteiger partial charge in [0.2, 0.25) is 0 Å². The average Bonchev–Trinajstić information content (AvgIpc) is 3.06. The summed E-state index contributed by atoms with van der Waals surface area (Å²) in [6.45, 7) is 1.85. The third-order valence-corrected chi connectivity index (χ3v) is 4.47. The molecular weight excluding hydrogens is 487 g/mol. The van der Waals surface area contributed by atoms with E-state index in [1.807, 2.05) is 6.07 Å². The van der Waals surface area contributed by atoms with Gasteiger partial charge in [0.15, 0.2) is 5.96 Å². The van der Waals surface area contributed by atoms with Crippen molar-refractivity contribution in [3.63, 3.8) is 0 Å². The Balaban J connectivity index is 0.00000261. The molecular formula is C18H21ClF2IN5. The van der Waals surface area contributed by atoms with Gasteiger partial charge in [-0.1, -0.05) is 11.6 Å². The number of nitrogens with zero attached hydrogens (tertiary/aromatic N) is 3. The number of nitrogens with one attached hydrogen (secondary N) is 2. The number of pyridine rings is 1. The van der Waals surface area contributed by atoms with Gasteiger partial charge in [0.25, 0.3) is 0 Å². The number of aliphatic imine (C=N–C) groups is 1. The zero-order valence-corrected chi connectivity index (χ0v) is 17.8. The third kappa shape index (κ3) is 5.90. The van der Waals surface area contributed by atoms with Crippen molar-refractivity contribution in [2.24, 2.45) is 4.99 Å². The van der Waals surface area contributed by atoms with E-state index in [0.717, 1.165) is 31.4 Å². The van der Waals surface area contributed by atoms with Crippen LogP contribution in [0.15, 0.2) is 41.5 Å². The number of halogens is 4. The Bertz CT molecular complexity index is 785. The monoisotopic (exact) mass is 507 g/mol. The fraction of sp³-hybridized carbons (Fsp3) is 0.333. The summed E-state index contributed by atoms with van der Waals surface area (Å²) in [5, 5.41) is 7.03. The molecule has 1 aliphatic heterocycles. The van der Waals surface area contributed by atoms with E-state index >= 15 is 0 Å². The first-order chi connectivity index (χ1) is 12.5. The Kier molecular flexibility index (Phi) is 8.03. The van der Waals surface area contributed by atoms with Crippen LogP contribution in [0.25, 0.3) is 0 Å². The van der Waals surface area contributed by atoms with Gasteiger partial charge in [-0.05, 0) is 36.2 Å². The van der Waals surface area contributed by atoms with Crippen LogP contribution < -0.4 is 15.5 Å². The third-order valence-electron chi connectivity index (χ3n) is 4.17. The normalized spacial score (nSPS) is 16.8. The second kappa shape index (κ2) is 10.0. The predicted molar refractivity (Wildman–Crippen MR) is 115 cm³/mol. The molecule has 2 heterocycles. The van der Waals surface area contributed by atoms with Crippen LogP contribution in [0.4, 0.5) is 14.6 Å². The molecule has 2 aromatic rings. The molecule has 1 aromatic carbocycles. The lowest BCUT2D eigenvalue weighted by atomic mass is 10.2. The molecule has 27 heavy (non-hydrogen) atoms. The number of anilines is 1. The van der Waals surface area contributed by atoms with Gasteiger partial charge < -0.3 is 15.5 Å². The largest absolute Gasteiger partial charge is 0.353 e. The van der Waals surface area contributed by atoms with Crippen molar-refractivity contribution in [1.82, 2.24) is 15.6 Å². The van der Waals surface area contributed by atoms with Crippen LogP contribution >= 0.6 is 35.6 Å². The van der Waals surface area contributed by atoms with Crippen LogP contribution in [0.3, 0.4) is 0 Å². The molecule has 0 spiro atoms. The van der Waals surface area contributed by atoms with Gasteiger partial charge >= 0.3 is 0 Å². The van der Waals surface area contributed by atoms with Gasteiger partial charge in [-0.25, -0.2) is 13.8 Å². The second-order valence-corrected chi connectivity index (χ2v) is 6.50. The van der Waals surface area contributed by atoms with Crippen molar-refractivity contribution in [2.45, 2.75) is 19.0 Å². The predicted octanol–water partition coefficient (Wildman–Crippen LogP) is 3.58. The smallest absolute Gasteiger partial charge is 0.191 e. The number of benzene rings is 1. The van der Waals surface area contributed by atoms with Crippen molar-refractivity contribution in [3.05, 3.63) is 58.7 Å². The number of rotatable bonds is 4. The summed E-state index contributed by atoms with van der Waals surface area (Å²) in [6.07, 6.45) is 2.63. The van der Waals surface area contributed by atoms with Crippen molar-refractivity contribution < 1.29 is 8.78 Å². The van der Waals surface area contributed by atoms with Gasteiger partial charge in [0.05, 0.1) is 5.02 Å². The minimum Gasteiger partial charge on any atom is -0.353 e. The van der Waals surface area contributed by atoms with E-state index < -0.39 is 11.6 Å². The first-order valence-electron chi connectivity index (χ1n) is 8.33. The van der Waals surface area contributed by atoms with Gasteiger partial charge in [-0.15, -0.1) is 24.0 Å². The second-order valence-electron chi connectivity index (χ2n) is 6.09. The molecule has 1 aromatic heterocycles. The number of aromatic nitrogens is 1. The molecule has 0 radical (unpaired) electrons. The van der Waals surface area contributed by atoms with E-state index in [-0.39, 0.29) is 36.6 Å². The van der Waals surface area contributed by atoms with E-state index in [4.69, 9.17) is 11.6 Å². The van der Waals surface area contributed by atoms with Crippen LogP contribution in [0.1, 0.15) is 12.0 Å². The van der Waals surface area contributed by atoms with Crippen molar-refractivity contribution in [1.29, 1.82) is 0 Å². The van der Waals surface area contributed by atoms with Gasteiger partial charge in [-0.2, -0.15) is 0 Å². The minimum atomic E-state index is -0.594. The SMILES string of the molecule is CN=C(NCc1cc(F)cc(F)c1)NC1CCN(c2ncccc2Cl)C1.I. The summed E-state index contributed by atoms with van der Waals surface area (Å²) < 4.78 is 26.5. The number of guanidine groups is 1. The molecule has 2 N–H and O–H groups in total. The highest BCUT2D eigenvalue weighted by Crippen LogP contribution is 2.25. The van der Waals surface area contributed by atoms with Crippen molar-refractivity contribution in [3.8, 4) is 0 Å². The highest BCUT2D eigenvalue weighted by atomic mass is 127. The van der Waals surface area contributed by atoms with Crippen LogP contribution in [0.5, 0.6) is 0 Å². The Morgan fingerprint density at radius 2 is 2.07 bits per heavy atom. The highest BCUT2D eigenvalue weighted by molar-refractivity contribution is 14.0. The van der Waals surface area contributed by atoms with Gasteiger partial charge in [0, 0.05) is 45.0 Å². The molecule has 0 aliphatic carbocycles. The number of hydrogen-bond acceptors (Lipinski definition) is 3. The molecule has 9 heteroatoms. The number of hydrogen-bond donors (Lipinski definition) is 2. The fourth-order valence-corrected chi connectivity index (χ4v) is 3.21. The van der Waals surface area contributed by atoms with Crippen LogP contribution in [-0.4, -0.2) is 37.1 Å². The maximum absolute atomic E-state index is 13.3. The van der Waals surface area contributed by atoms with Crippen molar-refractivity contribution in [2.75, 3.05) is 25.0 Å². The lowest BCUT2D eigenvalue weighted by Gasteiger charge is -2.20. The maximum atomic E-state index is 13.3. The van der Waals surface area contributed by atoms with Crippen molar-refractivity contribution >= 4 is 47.4 Å². The topological polar surface area (TPSA) is 52.6 Å². The Morgan fingerprint density at radius 1 is 1.33 bits per heavy atom. The fourth-order valence-electron chi connectivity index (χ4n) is 2.97. The summed E-state index contributed by atoms with van der Waals surface area (Å²) >= 11 is 6.21. The molecule has 1 saturated heterocycles. The lowest BCUT2D eigenvalue weighted by molar-refractivity contribution is 0.578. The Labute approximate surface area is 179 Å². The van der Waals surface area contributed by atoms with Crippen LogP contribution in [0, 0.1) is 11.6 Å². The van der Waals surface area contributed by atoms with E-state index in [2.05, 4.69) is 25.5 Å². The molecule has 146 valence electrons. The molecule has 0 bridgehead atoms. The molecule has 1 unspecified atom stereocenters. The standard InChI is InChI=1S/C18H20ClF2N5.HI/c1-22-18(24-10-12-7-13(20)9-14(21)8-12)25-15-4-6-26(11-15)17-16(19)3-2-5-23-17;/h2-3,5,7-9,15H,4,6,10-11H2,1H3,(H2,22,24,25);1H. The molecule has 1 fully saturated rings. The molecule has 1 aliphatic rings. The molecule has 1 atom stereocenters.